The second-order valence-electron chi connectivity index (χ2n) is 28.6. The second-order valence-corrected chi connectivity index (χ2v) is 31.5. The summed E-state index contributed by atoms with van der Waals surface area (Å²) < 4.78 is 61.3. The number of phosphoric ester groups is 2. The molecule has 109 heavy (non-hydrogen) atoms. The van der Waals surface area contributed by atoms with Crippen LogP contribution in [0.15, 0.2) is 146 Å². The van der Waals surface area contributed by atoms with E-state index in [1.807, 2.05) is 0 Å². The number of rotatable bonds is 81. The van der Waals surface area contributed by atoms with Gasteiger partial charge in [0.2, 0.25) is 0 Å². The number of carbonyl (C=O) groups is 3. The lowest BCUT2D eigenvalue weighted by molar-refractivity contribution is -0.161. The maximum atomic E-state index is 13.0. The third-order valence-corrected chi connectivity index (χ3v) is 20.0. The van der Waals surface area contributed by atoms with Gasteiger partial charge in [0.15, 0.2) is 6.10 Å². The molecule has 0 aromatic heterocycles. The first-order valence-electron chi connectivity index (χ1n) is 43.1. The first-order valence-corrected chi connectivity index (χ1v) is 46.1. The van der Waals surface area contributed by atoms with E-state index in [0.29, 0.717) is 19.3 Å². The molecular weight excluding hydrogens is 1410 g/mol. The Hall–Kier alpha value is -4.57. The highest BCUT2D eigenvalue weighted by Crippen LogP contribution is 2.45. The van der Waals surface area contributed by atoms with Crippen LogP contribution in [0.3, 0.4) is 0 Å². The molecule has 0 spiro atoms. The molecule has 0 saturated heterocycles. The average Bonchev–Trinajstić information content (AvgIpc) is 0.902. The summed E-state index contributed by atoms with van der Waals surface area (Å²) in [6.45, 7) is 2.46. The van der Waals surface area contributed by atoms with Gasteiger partial charge in [-0.2, -0.15) is 0 Å². The molecule has 0 amide bonds. The zero-order valence-electron chi connectivity index (χ0n) is 68.7. The van der Waals surface area contributed by atoms with Crippen LogP contribution in [-0.2, 0) is 55.8 Å². The molecule has 626 valence electrons. The predicted molar refractivity (Wildman–Crippen MR) is 454 cm³/mol. The summed E-state index contributed by atoms with van der Waals surface area (Å²) in [6.07, 6.45) is 103. The van der Waals surface area contributed by atoms with Crippen LogP contribution in [-0.4, -0.2) is 95.9 Å². The largest absolute Gasteiger partial charge is 0.472 e. The zero-order chi connectivity index (χ0) is 79.4. The summed E-state index contributed by atoms with van der Waals surface area (Å²) in [6, 6.07) is 0. The van der Waals surface area contributed by atoms with Crippen LogP contribution in [0.5, 0.6) is 0 Å². The summed E-state index contributed by atoms with van der Waals surface area (Å²) >= 11 is 0. The maximum Gasteiger partial charge on any atom is 0.472 e. The van der Waals surface area contributed by atoms with E-state index in [1.165, 1.54) is 148 Å². The van der Waals surface area contributed by atoms with Gasteiger partial charge in [0.1, 0.15) is 25.4 Å². The van der Waals surface area contributed by atoms with E-state index >= 15 is 0 Å². The van der Waals surface area contributed by atoms with Gasteiger partial charge in [-0.1, -0.05) is 359 Å². The number of allylic oxidation sites excluding steroid dienone is 24. The number of esters is 3. The maximum absolute atomic E-state index is 13.0. The van der Waals surface area contributed by atoms with Crippen LogP contribution in [0.25, 0.3) is 0 Å². The molecule has 0 aromatic rings. The van der Waals surface area contributed by atoms with Crippen molar-refractivity contribution in [2.75, 3.05) is 39.6 Å². The van der Waals surface area contributed by atoms with E-state index in [0.717, 1.165) is 148 Å². The Morgan fingerprint density at radius 2 is 0.486 bits per heavy atom. The average molecular weight is 1570 g/mol. The van der Waals surface area contributed by atoms with Crippen LogP contribution in [0, 0.1) is 0 Å². The van der Waals surface area contributed by atoms with Crippen molar-refractivity contribution in [3.8, 4) is 0 Å². The Morgan fingerprint density at radius 3 is 0.771 bits per heavy atom. The van der Waals surface area contributed by atoms with Crippen molar-refractivity contribution in [2.45, 2.75) is 373 Å². The second kappa shape index (κ2) is 82.9. The highest BCUT2D eigenvalue weighted by molar-refractivity contribution is 7.47. The summed E-state index contributed by atoms with van der Waals surface area (Å²) in [5.41, 5.74) is 0. The molecule has 0 fully saturated rings. The van der Waals surface area contributed by atoms with Crippen molar-refractivity contribution in [3.05, 3.63) is 146 Å². The van der Waals surface area contributed by atoms with Gasteiger partial charge in [0.05, 0.1) is 26.4 Å². The number of hydrogen-bond acceptors (Lipinski definition) is 14. The molecule has 0 radical (unpaired) electrons. The Bertz CT molecular complexity index is 2560. The monoisotopic (exact) mass is 1570 g/mol. The summed E-state index contributed by atoms with van der Waals surface area (Å²) in [4.78, 5) is 58.8. The van der Waals surface area contributed by atoms with Crippen LogP contribution >= 0.6 is 15.6 Å². The quantitative estimate of drug-likeness (QED) is 0.0146. The molecule has 0 bridgehead atoms. The molecule has 16 nitrogen and oxygen atoms in total. The summed E-state index contributed by atoms with van der Waals surface area (Å²) in [7, 11) is -9.80. The standard InChI is InChI=1S/C91H156O16P2/c1-4-7-10-13-16-19-22-25-28-30-32-34-36-37-38-39-40-41-42-43-44-45-46-47-49-51-52-54-57-59-62-65-68-71-74-77-89(94)101-80-86(92)81-103-108(97,98)104-82-87(93)83-105-109(99,100)106-85-88(107-91(96)79-76-73-70-67-64-61-56-27-24-21-18-15-12-9-6-3)84-102-90(95)78-75-72-69-66-63-60-58-55-53-50-48-35-33-31-29-26-23-20-17-14-11-8-5-2/h7-8,10-11,16-17,19-20,25-26,28-29,32-35,37-38,40-41,50,53,58,60,86-88,92-93H,4-6,9,12-15,18,21-24,27,30-31,36,39,42-49,51-52,54-57,59,61-85H2,1-3H3,(H,97,98)(H,99,100)/b10-7-,11-8-,19-16-,20-17-,28-25-,29-26-,34-32-,35-33-,38-37-,41-40-,53-50-,60-58-. The van der Waals surface area contributed by atoms with Gasteiger partial charge in [-0.15, -0.1) is 0 Å². The van der Waals surface area contributed by atoms with Crippen LogP contribution in [0.2, 0.25) is 0 Å². The molecule has 0 heterocycles. The third kappa shape index (κ3) is 84.2. The molecule has 4 N–H and O–H groups in total. The Balaban J connectivity index is 4.46. The number of aliphatic hydroxyl groups is 2. The molecule has 0 rings (SSSR count). The van der Waals surface area contributed by atoms with Gasteiger partial charge >= 0.3 is 33.6 Å². The smallest absolute Gasteiger partial charge is 0.463 e. The molecule has 0 saturated carbocycles. The molecule has 0 aliphatic rings. The fourth-order valence-corrected chi connectivity index (χ4v) is 13.2. The number of carbonyl (C=O) groups excluding carboxylic acids is 3. The Kier molecular flexibility index (Phi) is 79.4. The normalized spacial score (nSPS) is 14.6. The minimum absolute atomic E-state index is 0.0997. The minimum Gasteiger partial charge on any atom is -0.463 e. The third-order valence-electron chi connectivity index (χ3n) is 18.1. The SMILES string of the molecule is CC/C=C\C/C=C\C/C=C\C/C=C\C/C=C\C/C=C\CCCCCCCCCCCCCCCCCCC(=O)OCC(O)COP(=O)(O)OCC(O)COP(=O)(O)OCC(COC(=O)CCCCCC/C=C\C/C=C\C/C=C\C/C=C\C/C=C\C/C=C\CC)OC(=O)CCCCCCCCCCCCCCCCC. The number of aliphatic hydroxyl groups excluding tert-OH is 2. The van der Waals surface area contributed by atoms with Crippen molar-refractivity contribution >= 4 is 33.6 Å². The van der Waals surface area contributed by atoms with Gasteiger partial charge in [-0.25, -0.2) is 9.13 Å². The molecule has 0 aliphatic heterocycles. The van der Waals surface area contributed by atoms with Crippen molar-refractivity contribution < 1.29 is 75.8 Å². The molecular formula is C91H156O16P2. The topological polar surface area (TPSA) is 231 Å². The molecule has 5 atom stereocenters. The van der Waals surface area contributed by atoms with Crippen molar-refractivity contribution in [2.24, 2.45) is 0 Å². The molecule has 18 heteroatoms. The van der Waals surface area contributed by atoms with E-state index in [1.54, 1.807) is 0 Å². The number of hydrogen-bond donors (Lipinski definition) is 4. The van der Waals surface area contributed by atoms with E-state index in [4.69, 9.17) is 32.3 Å². The van der Waals surface area contributed by atoms with Crippen molar-refractivity contribution in [1.29, 1.82) is 0 Å². The van der Waals surface area contributed by atoms with Gasteiger partial charge in [0, 0.05) is 19.3 Å². The predicted octanol–water partition coefficient (Wildman–Crippen LogP) is 26.0. The Morgan fingerprint density at radius 1 is 0.266 bits per heavy atom. The van der Waals surface area contributed by atoms with Gasteiger partial charge in [-0.3, -0.25) is 32.5 Å². The fraction of sp³-hybridized carbons (Fsp3) is 0.703. The first-order chi connectivity index (χ1) is 53.2. The van der Waals surface area contributed by atoms with Gasteiger partial charge in [-0.05, 0) is 122 Å². The fourth-order valence-electron chi connectivity index (χ4n) is 11.6. The highest BCUT2D eigenvalue weighted by Gasteiger charge is 2.29. The lowest BCUT2D eigenvalue weighted by atomic mass is 10.0. The summed E-state index contributed by atoms with van der Waals surface area (Å²) in [5.74, 6) is -1.59. The van der Waals surface area contributed by atoms with Crippen LogP contribution in [0.4, 0.5) is 0 Å². The van der Waals surface area contributed by atoms with Crippen LogP contribution < -0.4 is 0 Å². The van der Waals surface area contributed by atoms with Gasteiger partial charge < -0.3 is 34.2 Å². The number of phosphoric acid groups is 2. The van der Waals surface area contributed by atoms with Crippen molar-refractivity contribution in [1.82, 2.24) is 0 Å². The van der Waals surface area contributed by atoms with E-state index in [2.05, 4.69) is 167 Å². The highest BCUT2D eigenvalue weighted by atomic mass is 31.2. The minimum atomic E-state index is -4.94. The Labute approximate surface area is 664 Å². The number of unbranched alkanes of at least 4 members (excludes halogenated alkanes) is 34. The molecule has 0 aliphatic carbocycles. The van der Waals surface area contributed by atoms with Gasteiger partial charge in [0.25, 0.3) is 0 Å². The van der Waals surface area contributed by atoms with Crippen molar-refractivity contribution in [3.63, 3.8) is 0 Å². The number of ether oxygens (including phenoxy) is 3. The zero-order valence-corrected chi connectivity index (χ0v) is 70.5. The molecule has 5 unspecified atom stereocenters. The van der Waals surface area contributed by atoms with Crippen LogP contribution in [0.1, 0.15) is 355 Å². The molecule has 0 aromatic carbocycles. The first kappa shape index (κ1) is 104. The van der Waals surface area contributed by atoms with E-state index < -0.39 is 91.5 Å². The lowest BCUT2D eigenvalue weighted by Gasteiger charge is -2.21. The van der Waals surface area contributed by atoms with E-state index in [-0.39, 0.29) is 19.3 Å². The van der Waals surface area contributed by atoms with E-state index in [9.17, 15) is 43.5 Å². The lowest BCUT2D eigenvalue weighted by Crippen LogP contribution is -2.30. The summed E-state index contributed by atoms with van der Waals surface area (Å²) in [5, 5.41) is 20.7.